The highest BCUT2D eigenvalue weighted by atomic mass is 79.9. The highest BCUT2D eigenvalue weighted by molar-refractivity contribution is 9.10. The Bertz CT molecular complexity index is 433. The van der Waals surface area contributed by atoms with Crippen LogP contribution in [-0.4, -0.2) is 0 Å². The van der Waals surface area contributed by atoms with Gasteiger partial charge >= 0.3 is 0 Å². The predicted octanol–water partition coefficient (Wildman–Crippen LogP) is 4.43. The molecule has 1 N–H and O–H groups in total. The molecular formula is C12H12BrNS. The molecule has 0 bridgehead atoms. The monoisotopic (exact) mass is 281 g/mol. The number of nitrogens with one attached hydrogen (secondary N) is 1. The number of thiophene rings is 1. The van der Waals surface area contributed by atoms with Crippen LogP contribution in [0.1, 0.15) is 10.4 Å². The van der Waals surface area contributed by atoms with Crippen molar-refractivity contribution in [1.29, 1.82) is 0 Å². The van der Waals surface area contributed by atoms with Gasteiger partial charge in [0.05, 0.1) is 0 Å². The van der Waals surface area contributed by atoms with Crippen molar-refractivity contribution >= 4 is 33.0 Å². The van der Waals surface area contributed by atoms with Crippen LogP contribution < -0.4 is 5.32 Å². The number of benzene rings is 1. The van der Waals surface area contributed by atoms with Crippen LogP contribution in [0.5, 0.6) is 0 Å². The fraction of sp³-hybridized carbons (Fsp3) is 0.167. The SMILES string of the molecule is Cc1ccsc1CNc1ccc(Br)cc1. The molecule has 2 rings (SSSR count). The minimum Gasteiger partial charge on any atom is -0.380 e. The molecule has 1 aromatic carbocycles. The Labute approximate surface area is 102 Å². The van der Waals surface area contributed by atoms with Crippen LogP contribution >= 0.6 is 27.3 Å². The van der Waals surface area contributed by atoms with E-state index < -0.39 is 0 Å². The standard InChI is InChI=1S/C12H12BrNS/c1-9-6-7-15-12(9)8-14-11-4-2-10(13)3-5-11/h2-7,14H,8H2,1H3. The van der Waals surface area contributed by atoms with Gasteiger partial charge in [-0.15, -0.1) is 11.3 Å². The number of aryl methyl sites for hydroxylation is 1. The lowest BCUT2D eigenvalue weighted by atomic mass is 10.3. The first kappa shape index (κ1) is 10.7. The molecule has 1 aromatic heterocycles. The first-order chi connectivity index (χ1) is 7.25. The molecule has 15 heavy (non-hydrogen) atoms. The molecule has 0 atom stereocenters. The summed E-state index contributed by atoms with van der Waals surface area (Å²) in [7, 11) is 0. The molecule has 3 heteroatoms. The van der Waals surface area contributed by atoms with Crippen molar-refractivity contribution in [2.45, 2.75) is 13.5 Å². The van der Waals surface area contributed by atoms with Crippen molar-refractivity contribution in [2.24, 2.45) is 0 Å². The zero-order chi connectivity index (χ0) is 10.7. The molecule has 0 radical (unpaired) electrons. The minimum atomic E-state index is 0.908. The molecule has 0 aliphatic rings. The van der Waals surface area contributed by atoms with E-state index in [-0.39, 0.29) is 0 Å². The van der Waals surface area contributed by atoms with Crippen molar-refractivity contribution < 1.29 is 0 Å². The Morgan fingerprint density at radius 2 is 1.93 bits per heavy atom. The predicted molar refractivity (Wildman–Crippen MR) is 70.5 cm³/mol. The Balaban J connectivity index is 1.99. The number of rotatable bonds is 3. The fourth-order valence-corrected chi connectivity index (χ4v) is 2.45. The van der Waals surface area contributed by atoms with Crippen LogP contribution in [0.25, 0.3) is 0 Å². The second-order valence-corrected chi connectivity index (χ2v) is 5.30. The Kier molecular flexibility index (Phi) is 3.44. The van der Waals surface area contributed by atoms with Crippen LogP contribution in [0.3, 0.4) is 0 Å². The average Bonchev–Trinajstić information content (AvgIpc) is 2.63. The van der Waals surface area contributed by atoms with Crippen molar-refractivity contribution in [3.05, 3.63) is 50.6 Å². The van der Waals surface area contributed by atoms with Gasteiger partial charge < -0.3 is 5.32 Å². The highest BCUT2D eigenvalue weighted by Crippen LogP contribution is 2.19. The maximum Gasteiger partial charge on any atom is 0.0496 e. The van der Waals surface area contributed by atoms with E-state index in [1.807, 2.05) is 12.1 Å². The van der Waals surface area contributed by atoms with Crippen LogP contribution in [-0.2, 0) is 6.54 Å². The lowest BCUT2D eigenvalue weighted by molar-refractivity contribution is 1.17. The van der Waals surface area contributed by atoms with Crippen LogP contribution in [0, 0.1) is 6.92 Å². The molecule has 78 valence electrons. The number of hydrogen-bond acceptors (Lipinski definition) is 2. The van der Waals surface area contributed by atoms with Crippen LogP contribution in [0.15, 0.2) is 40.2 Å². The second-order valence-electron chi connectivity index (χ2n) is 3.39. The summed E-state index contributed by atoms with van der Waals surface area (Å²) in [5.74, 6) is 0. The van der Waals surface area contributed by atoms with E-state index in [0.29, 0.717) is 0 Å². The summed E-state index contributed by atoms with van der Waals surface area (Å²) in [6, 6.07) is 10.4. The molecule has 0 unspecified atom stereocenters. The van der Waals surface area contributed by atoms with Gasteiger partial charge in [-0.25, -0.2) is 0 Å². The molecule has 1 nitrogen and oxygen atoms in total. The normalized spacial score (nSPS) is 10.3. The van der Waals surface area contributed by atoms with Crippen LogP contribution in [0.4, 0.5) is 5.69 Å². The maximum absolute atomic E-state index is 3.42. The van der Waals surface area contributed by atoms with Gasteiger partial charge in [-0.2, -0.15) is 0 Å². The summed E-state index contributed by atoms with van der Waals surface area (Å²) in [5, 5.41) is 5.54. The number of halogens is 1. The van der Waals surface area contributed by atoms with Gasteiger partial charge in [0.1, 0.15) is 0 Å². The van der Waals surface area contributed by atoms with E-state index in [1.54, 1.807) is 11.3 Å². The van der Waals surface area contributed by atoms with Gasteiger partial charge in [-0.3, -0.25) is 0 Å². The van der Waals surface area contributed by atoms with Gasteiger partial charge in [0.2, 0.25) is 0 Å². The van der Waals surface area contributed by atoms with E-state index in [0.717, 1.165) is 16.7 Å². The second kappa shape index (κ2) is 4.81. The lowest BCUT2D eigenvalue weighted by Crippen LogP contribution is -1.98. The number of anilines is 1. The van der Waals surface area contributed by atoms with Gasteiger partial charge in [0, 0.05) is 21.6 Å². The third kappa shape index (κ3) is 2.83. The average molecular weight is 282 g/mol. The third-order valence-corrected chi connectivity index (χ3v) is 3.82. The zero-order valence-corrected chi connectivity index (χ0v) is 10.9. The van der Waals surface area contributed by atoms with E-state index in [4.69, 9.17) is 0 Å². The van der Waals surface area contributed by atoms with Gasteiger partial charge in [-0.1, -0.05) is 15.9 Å². The van der Waals surface area contributed by atoms with E-state index in [9.17, 15) is 0 Å². The Hall–Kier alpha value is -0.800. The summed E-state index contributed by atoms with van der Waals surface area (Å²) in [5.41, 5.74) is 2.52. The number of hydrogen-bond donors (Lipinski definition) is 1. The topological polar surface area (TPSA) is 12.0 Å². The molecule has 2 aromatic rings. The Morgan fingerprint density at radius 1 is 1.20 bits per heavy atom. The molecule has 0 saturated heterocycles. The van der Waals surface area contributed by atoms with Gasteiger partial charge in [0.15, 0.2) is 0 Å². The van der Waals surface area contributed by atoms with Crippen molar-refractivity contribution in [2.75, 3.05) is 5.32 Å². The Morgan fingerprint density at radius 3 is 2.53 bits per heavy atom. The molecule has 0 saturated carbocycles. The highest BCUT2D eigenvalue weighted by Gasteiger charge is 1.99. The quantitative estimate of drug-likeness (QED) is 0.878. The molecular weight excluding hydrogens is 270 g/mol. The smallest absolute Gasteiger partial charge is 0.0496 e. The summed E-state index contributed by atoms with van der Waals surface area (Å²) in [4.78, 5) is 1.40. The molecule has 0 amide bonds. The molecule has 0 fully saturated rings. The first-order valence-electron chi connectivity index (χ1n) is 4.78. The molecule has 0 spiro atoms. The molecule has 0 aliphatic carbocycles. The van der Waals surface area contributed by atoms with Gasteiger partial charge in [-0.05, 0) is 48.2 Å². The van der Waals surface area contributed by atoms with E-state index in [1.165, 1.54) is 10.4 Å². The minimum absolute atomic E-state index is 0.908. The van der Waals surface area contributed by atoms with E-state index >= 15 is 0 Å². The molecule has 1 heterocycles. The largest absolute Gasteiger partial charge is 0.380 e. The van der Waals surface area contributed by atoms with Gasteiger partial charge in [0.25, 0.3) is 0 Å². The molecule has 0 aliphatic heterocycles. The lowest BCUT2D eigenvalue weighted by Gasteiger charge is -2.05. The van der Waals surface area contributed by atoms with Crippen molar-refractivity contribution in [3.8, 4) is 0 Å². The van der Waals surface area contributed by atoms with Crippen molar-refractivity contribution in [3.63, 3.8) is 0 Å². The van der Waals surface area contributed by atoms with Crippen molar-refractivity contribution in [1.82, 2.24) is 0 Å². The summed E-state index contributed by atoms with van der Waals surface area (Å²) in [6.07, 6.45) is 0. The summed E-state index contributed by atoms with van der Waals surface area (Å²) in [6.45, 7) is 3.06. The summed E-state index contributed by atoms with van der Waals surface area (Å²) >= 11 is 5.22. The third-order valence-electron chi connectivity index (χ3n) is 2.27. The van der Waals surface area contributed by atoms with Crippen LogP contribution in [0.2, 0.25) is 0 Å². The first-order valence-corrected chi connectivity index (χ1v) is 6.45. The fourth-order valence-electron chi connectivity index (χ4n) is 1.34. The van der Waals surface area contributed by atoms with E-state index in [2.05, 4.69) is 51.7 Å². The maximum atomic E-state index is 3.42. The zero-order valence-electron chi connectivity index (χ0n) is 8.46. The summed E-state index contributed by atoms with van der Waals surface area (Å²) < 4.78 is 1.11.